The normalized spacial score (nSPS) is 16.7. The van der Waals surface area contributed by atoms with Gasteiger partial charge in [0.15, 0.2) is 6.10 Å². The molecule has 2 aromatic carbocycles. The summed E-state index contributed by atoms with van der Waals surface area (Å²) in [5.41, 5.74) is 1.37. The number of benzene rings is 2. The fourth-order valence-corrected chi connectivity index (χ4v) is 3.14. The van der Waals surface area contributed by atoms with Crippen molar-refractivity contribution in [2.24, 2.45) is 5.14 Å². The molecule has 0 fully saturated rings. The van der Waals surface area contributed by atoms with E-state index in [-0.39, 0.29) is 11.3 Å². The lowest BCUT2D eigenvalue weighted by atomic mass is 9.98. The Morgan fingerprint density at radius 3 is 2.52 bits per heavy atom. The fourth-order valence-electron chi connectivity index (χ4n) is 2.45. The van der Waals surface area contributed by atoms with Crippen LogP contribution in [0.15, 0.2) is 47.4 Å². The lowest BCUT2D eigenvalue weighted by Gasteiger charge is -2.24. The maximum absolute atomic E-state index is 12.3. The maximum atomic E-state index is 12.3. The molecule has 0 bridgehead atoms. The second-order valence-corrected chi connectivity index (χ2v) is 7.46. The van der Waals surface area contributed by atoms with E-state index in [0.717, 1.165) is 0 Å². The number of sulfonamides is 1. The number of esters is 1. The number of fused-ring (bicyclic) bond motifs is 1. The minimum absolute atomic E-state index is 0.0691. The van der Waals surface area contributed by atoms with Crippen LogP contribution in [0.3, 0.4) is 0 Å². The van der Waals surface area contributed by atoms with Crippen molar-refractivity contribution in [1.82, 2.24) is 0 Å². The molecule has 0 saturated heterocycles. The van der Waals surface area contributed by atoms with Crippen molar-refractivity contribution >= 4 is 39.2 Å². The Kier molecular flexibility index (Phi) is 4.51. The van der Waals surface area contributed by atoms with Crippen molar-refractivity contribution in [3.8, 4) is 0 Å². The van der Waals surface area contributed by atoms with E-state index in [4.69, 9.17) is 21.5 Å². The molecule has 0 aromatic heterocycles. The van der Waals surface area contributed by atoms with Crippen LogP contribution in [-0.4, -0.2) is 26.4 Å². The summed E-state index contributed by atoms with van der Waals surface area (Å²) in [5, 5.41) is 8.00. The number of amides is 1. The fraction of sp³-hybridized carbons (Fsp3) is 0.125. The molecule has 0 saturated carbocycles. The third-order valence-corrected chi connectivity index (χ3v) is 4.85. The predicted molar refractivity (Wildman–Crippen MR) is 90.8 cm³/mol. The topological polar surface area (TPSA) is 116 Å². The summed E-state index contributed by atoms with van der Waals surface area (Å²) in [6.45, 7) is 0. The van der Waals surface area contributed by atoms with E-state index < -0.39 is 28.0 Å². The number of anilines is 1. The first-order valence-electron chi connectivity index (χ1n) is 7.17. The van der Waals surface area contributed by atoms with Gasteiger partial charge in [-0.3, -0.25) is 4.79 Å². The lowest BCUT2D eigenvalue weighted by Crippen LogP contribution is -2.38. The molecule has 0 unspecified atom stereocenters. The molecule has 1 aliphatic rings. The zero-order valence-electron chi connectivity index (χ0n) is 12.7. The van der Waals surface area contributed by atoms with Gasteiger partial charge in [-0.15, -0.1) is 0 Å². The summed E-state index contributed by atoms with van der Waals surface area (Å²) in [6.07, 6.45) is -0.765. The van der Waals surface area contributed by atoms with Crippen LogP contribution in [0.25, 0.3) is 0 Å². The zero-order valence-corrected chi connectivity index (χ0v) is 14.3. The zero-order chi connectivity index (χ0) is 18.2. The maximum Gasteiger partial charge on any atom is 0.339 e. The van der Waals surface area contributed by atoms with Crippen molar-refractivity contribution in [3.05, 3.63) is 58.6 Å². The molecule has 1 amide bonds. The van der Waals surface area contributed by atoms with Gasteiger partial charge in [-0.2, -0.15) is 0 Å². The van der Waals surface area contributed by atoms with Gasteiger partial charge in [-0.25, -0.2) is 18.4 Å². The lowest BCUT2D eigenvalue weighted by molar-refractivity contribution is -0.125. The number of primary sulfonamides is 1. The second-order valence-electron chi connectivity index (χ2n) is 5.46. The molecule has 3 N–H and O–H groups in total. The molecule has 0 aliphatic carbocycles. The summed E-state index contributed by atoms with van der Waals surface area (Å²) < 4.78 is 27.6. The van der Waals surface area contributed by atoms with Gasteiger partial charge >= 0.3 is 5.97 Å². The molecule has 25 heavy (non-hydrogen) atoms. The number of cyclic esters (lactones) is 1. The van der Waals surface area contributed by atoms with Gasteiger partial charge < -0.3 is 10.1 Å². The van der Waals surface area contributed by atoms with Crippen molar-refractivity contribution in [2.45, 2.75) is 17.4 Å². The highest BCUT2D eigenvalue weighted by atomic mass is 35.5. The van der Waals surface area contributed by atoms with Crippen molar-refractivity contribution in [2.75, 3.05) is 5.32 Å². The van der Waals surface area contributed by atoms with Crippen LogP contribution in [0.1, 0.15) is 15.9 Å². The van der Waals surface area contributed by atoms with Crippen LogP contribution >= 0.6 is 11.6 Å². The van der Waals surface area contributed by atoms with Gasteiger partial charge in [-0.05, 0) is 42.0 Å². The Balaban J connectivity index is 1.74. The van der Waals surface area contributed by atoms with Gasteiger partial charge in [0.1, 0.15) is 0 Å². The number of rotatable bonds is 3. The van der Waals surface area contributed by atoms with Gasteiger partial charge in [0.25, 0.3) is 5.91 Å². The summed E-state index contributed by atoms with van der Waals surface area (Å²) in [6, 6.07) is 10.2. The summed E-state index contributed by atoms with van der Waals surface area (Å²) in [7, 11) is -3.81. The molecule has 1 heterocycles. The van der Waals surface area contributed by atoms with E-state index in [1.165, 1.54) is 30.3 Å². The third kappa shape index (κ3) is 3.81. The summed E-state index contributed by atoms with van der Waals surface area (Å²) >= 11 is 5.85. The highest BCUT2D eigenvalue weighted by Gasteiger charge is 2.31. The number of hydrogen-bond donors (Lipinski definition) is 2. The highest BCUT2D eigenvalue weighted by Crippen LogP contribution is 2.25. The molecule has 0 radical (unpaired) electrons. The quantitative estimate of drug-likeness (QED) is 0.786. The van der Waals surface area contributed by atoms with Crippen LogP contribution in [0.2, 0.25) is 5.02 Å². The molecule has 130 valence electrons. The summed E-state index contributed by atoms with van der Waals surface area (Å²) in [5.74, 6) is -1.13. The van der Waals surface area contributed by atoms with E-state index in [0.29, 0.717) is 21.8 Å². The summed E-state index contributed by atoms with van der Waals surface area (Å²) in [4.78, 5) is 24.3. The van der Waals surface area contributed by atoms with Crippen molar-refractivity contribution < 1.29 is 22.7 Å². The second kappa shape index (κ2) is 6.47. The molecular weight excluding hydrogens is 368 g/mol. The Morgan fingerprint density at radius 1 is 1.20 bits per heavy atom. The monoisotopic (exact) mass is 380 g/mol. The van der Waals surface area contributed by atoms with Gasteiger partial charge in [0.05, 0.1) is 10.5 Å². The molecular formula is C16H13ClN2O5S. The number of ether oxygens (including phenoxy) is 1. The van der Waals surface area contributed by atoms with Gasteiger partial charge in [0, 0.05) is 17.1 Å². The van der Waals surface area contributed by atoms with E-state index in [1.54, 1.807) is 12.1 Å². The Morgan fingerprint density at radius 2 is 1.88 bits per heavy atom. The first-order chi connectivity index (χ1) is 11.7. The molecule has 9 heteroatoms. The number of halogens is 1. The third-order valence-electron chi connectivity index (χ3n) is 3.69. The number of nitrogens with two attached hydrogens (primary N) is 1. The average Bonchev–Trinajstić information content (AvgIpc) is 2.55. The van der Waals surface area contributed by atoms with E-state index in [2.05, 4.69) is 5.32 Å². The smallest absolute Gasteiger partial charge is 0.339 e. The van der Waals surface area contributed by atoms with Crippen LogP contribution in [0.4, 0.5) is 5.69 Å². The first-order valence-corrected chi connectivity index (χ1v) is 9.09. The molecule has 7 nitrogen and oxygen atoms in total. The molecule has 1 atom stereocenters. The van der Waals surface area contributed by atoms with Crippen LogP contribution in [0, 0.1) is 0 Å². The van der Waals surface area contributed by atoms with E-state index >= 15 is 0 Å². The van der Waals surface area contributed by atoms with Crippen LogP contribution in [-0.2, 0) is 26.0 Å². The Labute approximate surface area is 148 Å². The predicted octanol–water partition coefficient (Wildman–Crippen LogP) is 1.71. The van der Waals surface area contributed by atoms with Crippen molar-refractivity contribution in [1.29, 1.82) is 0 Å². The minimum atomic E-state index is -3.81. The molecule has 0 spiro atoms. The number of nitrogens with one attached hydrogen (secondary N) is 1. The van der Waals surface area contributed by atoms with Crippen molar-refractivity contribution in [3.63, 3.8) is 0 Å². The Hall–Kier alpha value is -2.42. The van der Waals surface area contributed by atoms with Gasteiger partial charge in [-0.1, -0.05) is 17.7 Å². The average molecular weight is 381 g/mol. The van der Waals surface area contributed by atoms with Crippen LogP contribution in [0.5, 0.6) is 0 Å². The van der Waals surface area contributed by atoms with E-state index in [9.17, 15) is 18.0 Å². The molecule has 3 rings (SSSR count). The first kappa shape index (κ1) is 17.4. The number of carbonyl (C=O) groups is 2. The SMILES string of the molecule is NS(=O)(=O)c1ccc(NC(=O)[C@@H]2Cc3ccc(Cl)cc3C(=O)O2)cc1. The molecule has 1 aliphatic heterocycles. The number of carbonyl (C=O) groups excluding carboxylic acids is 2. The molecule has 2 aromatic rings. The largest absolute Gasteiger partial charge is 0.448 e. The standard InChI is InChI=1S/C16H13ClN2O5S/c17-10-2-1-9-7-14(24-16(21)13(9)8-10)15(20)19-11-3-5-12(6-4-11)25(18,22)23/h1-6,8,14H,7H2,(H,19,20)(H2,18,22,23)/t14-/m0/s1. The van der Waals surface area contributed by atoms with Gasteiger partial charge in [0.2, 0.25) is 10.0 Å². The minimum Gasteiger partial charge on any atom is -0.448 e. The van der Waals surface area contributed by atoms with Crippen LogP contribution < -0.4 is 10.5 Å². The Bertz CT molecular complexity index is 957. The highest BCUT2D eigenvalue weighted by molar-refractivity contribution is 7.89. The number of hydrogen-bond acceptors (Lipinski definition) is 5. The van der Waals surface area contributed by atoms with E-state index in [1.807, 2.05) is 0 Å².